The van der Waals surface area contributed by atoms with E-state index in [0.717, 1.165) is 77.4 Å². The van der Waals surface area contributed by atoms with Crippen LogP contribution in [0, 0.1) is 18.7 Å². The third kappa shape index (κ3) is 6.88. The predicted molar refractivity (Wildman–Crippen MR) is 163 cm³/mol. The van der Waals surface area contributed by atoms with Crippen molar-refractivity contribution in [3.63, 3.8) is 0 Å². The fraction of sp³-hybridized carbons (Fsp3) is 0.375. The number of rotatable bonds is 9. The van der Waals surface area contributed by atoms with Gasteiger partial charge in [0.15, 0.2) is 0 Å². The van der Waals surface area contributed by atoms with Crippen molar-refractivity contribution in [1.82, 2.24) is 19.5 Å². The van der Waals surface area contributed by atoms with Crippen LogP contribution in [0.25, 0.3) is 11.3 Å². The highest BCUT2D eigenvalue weighted by molar-refractivity contribution is 7.89. The zero-order valence-corrected chi connectivity index (χ0v) is 25.1. The van der Waals surface area contributed by atoms with Crippen LogP contribution in [-0.2, 0) is 21.4 Å². The van der Waals surface area contributed by atoms with Crippen LogP contribution in [-0.4, -0.2) is 73.8 Å². The molecule has 1 N–H and O–H groups in total. The van der Waals surface area contributed by atoms with Gasteiger partial charge in [-0.05, 0) is 54.8 Å². The van der Waals surface area contributed by atoms with E-state index in [1.54, 1.807) is 12.2 Å². The van der Waals surface area contributed by atoms with Gasteiger partial charge < -0.3 is 10.2 Å². The van der Waals surface area contributed by atoms with Gasteiger partial charge in [0.2, 0.25) is 15.9 Å². The molecule has 1 aromatic heterocycles. The standard InChI is InChI=1S/C32H38FN5O3S/c1-23(2)22-36-15-17-37(18-16-36)31-20-25(19-29(35-31)26-8-6-24(3)7-9-26)21-34-32(39)30-5-4-14-38(30)42(40,41)28-12-10-27(33)11-13-28/h4-13,19-20,23,30H,14-18,21-22H2,1-3H3,(H,34,39)/t30-/m0/s1. The molecule has 0 radical (unpaired) electrons. The lowest BCUT2D eigenvalue weighted by molar-refractivity contribution is -0.123. The third-order valence-electron chi connectivity index (χ3n) is 7.61. The van der Waals surface area contributed by atoms with Gasteiger partial charge in [0.05, 0.1) is 10.6 Å². The summed E-state index contributed by atoms with van der Waals surface area (Å²) in [5, 5.41) is 2.94. The van der Waals surface area contributed by atoms with Gasteiger partial charge in [-0.1, -0.05) is 55.8 Å². The molecule has 0 unspecified atom stereocenters. The van der Waals surface area contributed by atoms with Gasteiger partial charge in [0, 0.05) is 51.4 Å². The van der Waals surface area contributed by atoms with Crippen molar-refractivity contribution in [2.75, 3.05) is 44.2 Å². The highest BCUT2D eigenvalue weighted by Crippen LogP contribution is 2.26. The molecule has 5 rings (SSSR count). The van der Waals surface area contributed by atoms with Crippen LogP contribution >= 0.6 is 0 Å². The first-order valence-corrected chi connectivity index (χ1v) is 15.8. The fourth-order valence-corrected chi connectivity index (χ4v) is 6.89. The molecule has 0 bridgehead atoms. The molecular weight excluding hydrogens is 553 g/mol. The van der Waals surface area contributed by atoms with Crippen LogP contribution in [0.5, 0.6) is 0 Å². The molecular formula is C32H38FN5O3S. The molecule has 2 aliphatic rings. The fourth-order valence-electron chi connectivity index (χ4n) is 5.39. The van der Waals surface area contributed by atoms with Crippen molar-refractivity contribution in [2.24, 2.45) is 5.92 Å². The van der Waals surface area contributed by atoms with Crippen LogP contribution < -0.4 is 10.2 Å². The number of aryl methyl sites for hydroxylation is 1. The molecule has 0 saturated carbocycles. The van der Waals surface area contributed by atoms with E-state index in [1.165, 1.54) is 12.1 Å². The summed E-state index contributed by atoms with van der Waals surface area (Å²) in [6, 6.07) is 15.8. The van der Waals surface area contributed by atoms with E-state index in [9.17, 15) is 17.6 Å². The van der Waals surface area contributed by atoms with E-state index < -0.39 is 27.8 Å². The average molecular weight is 592 g/mol. The molecule has 10 heteroatoms. The Kier molecular flexibility index (Phi) is 9.05. The summed E-state index contributed by atoms with van der Waals surface area (Å²) < 4.78 is 41.0. The SMILES string of the molecule is Cc1ccc(-c2cc(CNC(=O)[C@@H]3C=CCN3S(=O)(=O)c3ccc(F)cc3)cc(N3CCN(CC(C)C)CC3)n2)cc1. The molecule has 1 saturated heterocycles. The van der Waals surface area contributed by atoms with E-state index in [2.05, 4.69) is 41.1 Å². The van der Waals surface area contributed by atoms with E-state index in [-0.39, 0.29) is 18.0 Å². The zero-order chi connectivity index (χ0) is 29.9. The number of aromatic nitrogens is 1. The second-order valence-corrected chi connectivity index (χ2v) is 13.3. The molecule has 2 aromatic carbocycles. The van der Waals surface area contributed by atoms with Crippen LogP contribution in [0.15, 0.2) is 77.7 Å². The molecule has 0 aliphatic carbocycles. The summed E-state index contributed by atoms with van der Waals surface area (Å²) in [7, 11) is -3.99. The second-order valence-electron chi connectivity index (χ2n) is 11.4. The van der Waals surface area contributed by atoms with Crippen molar-refractivity contribution in [3.8, 4) is 11.3 Å². The lowest BCUT2D eigenvalue weighted by atomic mass is 10.1. The Morgan fingerprint density at radius 3 is 2.38 bits per heavy atom. The first kappa shape index (κ1) is 29.9. The van der Waals surface area contributed by atoms with Gasteiger partial charge in [0.1, 0.15) is 17.7 Å². The monoisotopic (exact) mass is 591 g/mol. The summed E-state index contributed by atoms with van der Waals surface area (Å²) in [5.74, 6) is 0.530. The number of carbonyl (C=O) groups excluding carboxylic acids is 1. The number of halogens is 1. The largest absolute Gasteiger partial charge is 0.354 e. The molecule has 3 heterocycles. The summed E-state index contributed by atoms with van der Waals surface area (Å²) in [4.78, 5) is 23.0. The Balaban J connectivity index is 1.34. The number of nitrogens with one attached hydrogen (secondary N) is 1. The Hall–Kier alpha value is -3.60. The van der Waals surface area contributed by atoms with Gasteiger partial charge in [-0.2, -0.15) is 4.31 Å². The van der Waals surface area contributed by atoms with Crippen LogP contribution in [0.2, 0.25) is 0 Å². The van der Waals surface area contributed by atoms with Crippen LogP contribution in [0.3, 0.4) is 0 Å². The number of hydrogen-bond acceptors (Lipinski definition) is 6. The minimum absolute atomic E-state index is 0.0552. The van der Waals surface area contributed by atoms with Crippen molar-refractivity contribution in [1.29, 1.82) is 0 Å². The number of nitrogens with zero attached hydrogens (tertiary/aromatic N) is 4. The number of carbonyl (C=O) groups is 1. The molecule has 2 aliphatic heterocycles. The predicted octanol–water partition coefficient (Wildman–Crippen LogP) is 4.22. The molecule has 1 fully saturated rings. The van der Waals surface area contributed by atoms with Crippen molar-refractivity contribution in [3.05, 3.63) is 89.8 Å². The number of pyridine rings is 1. The lowest BCUT2D eigenvalue weighted by Crippen LogP contribution is -2.47. The summed E-state index contributed by atoms with van der Waals surface area (Å²) >= 11 is 0. The Labute approximate surface area is 247 Å². The normalized spacial score (nSPS) is 18.1. The molecule has 1 amide bonds. The molecule has 222 valence electrons. The first-order chi connectivity index (χ1) is 20.1. The maximum absolute atomic E-state index is 13.4. The number of piperazine rings is 1. The second kappa shape index (κ2) is 12.7. The highest BCUT2D eigenvalue weighted by Gasteiger charge is 2.36. The van der Waals surface area contributed by atoms with E-state index in [4.69, 9.17) is 4.98 Å². The van der Waals surface area contributed by atoms with Gasteiger partial charge in [-0.3, -0.25) is 9.69 Å². The van der Waals surface area contributed by atoms with Crippen molar-refractivity contribution >= 4 is 21.7 Å². The Morgan fingerprint density at radius 1 is 1.02 bits per heavy atom. The summed E-state index contributed by atoms with van der Waals surface area (Å²) in [6.45, 7) is 11.5. The molecule has 42 heavy (non-hydrogen) atoms. The van der Waals surface area contributed by atoms with Crippen molar-refractivity contribution in [2.45, 2.75) is 38.3 Å². The summed E-state index contributed by atoms with van der Waals surface area (Å²) in [5.41, 5.74) is 3.85. The van der Waals surface area contributed by atoms with Gasteiger partial charge in [0.25, 0.3) is 0 Å². The van der Waals surface area contributed by atoms with Gasteiger partial charge >= 0.3 is 0 Å². The molecule has 3 aromatic rings. The molecule has 1 atom stereocenters. The number of benzene rings is 2. The number of hydrogen-bond donors (Lipinski definition) is 1. The highest BCUT2D eigenvalue weighted by atomic mass is 32.2. The molecule has 0 spiro atoms. The topological polar surface area (TPSA) is 85.8 Å². The van der Waals surface area contributed by atoms with E-state index in [1.807, 2.05) is 31.2 Å². The van der Waals surface area contributed by atoms with Crippen molar-refractivity contribution < 1.29 is 17.6 Å². The lowest BCUT2D eigenvalue weighted by Gasteiger charge is -2.36. The van der Waals surface area contributed by atoms with Gasteiger partial charge in [-0.15, -0.1) is 0 Å². The quantitative estimate of drug-likeness (QED) is 0.375. The van der Waals surface area contributed by atoms with Crippen LogP contribution in [0.4, 0.5) is 10.2 Å². The minimum atomic E-state index is -3.99. The average Bonchev–Trinajstić information content (AvgIpc) is 3.48. The third-order valence-corrected chi connectivity index (χ3v) is 9.47. The maximum atomic E-state index is 13.4. The Morgan fingerprint density at radius 2 is 1.71 bits per heavy atom. The maximum Gasteiger partial charge on any atom is 0.244 e. The number of sulfonamides is 1. The van der Waals surface area contributed by atoms with E-state index >= 15 is 0 Å². The smallest absolute Gasteiger partial charge is 0.244 e. The molecule has 8 nitrogen and oxygen atoms in total. The first-order valence-electron chi connectivity index (χ1n) is 14.4. The van der Waals surface area contributed by atoms with E-state index in [0.29, 0.717) is 5.92 Å². The Bertz CT molecular complexity index is 1530. The van der Waals surface area contributed by atoms with Crippen LogP contribution in [0.1, 0.15) is 25.0 Å². The number of amides is 1. The zero-order valence-electron chi connectivity index (χ0n) is 24.3. The van der Waals surface area contributed by atoms with Gasteiger partial charge in [-0.25, -0.2) is 17.8 Å². The minimum Gasteiger partial charge on any atom is -0.354 e. The summed E-state index contributed by atoms with van der Waals surface area (Å²) in [6.07, 6.45) is 3.24. The number of anilines is 1.